The number of hydrogen-bond acceptors (Lipinski definition) is 3. The minimum Gasteiger partial charge on any atom is -0.381 e. The molecule has 2 aliphatic rings. The van der Waals surface area contributed by atoms with Crippen molar-refractivity contribution in [3.8, 4) is 0 Å². The fourth-order valence-electron chi connectivity index (χ4n) is 4.27. The smallest absolute Gasteiger partial charge is 0.0400 e. The van der Waals surface area contributed by atoms with Crippen LogP contribution < -0.4 is 5.32 Å². The predicted molar refractivity (Wildman–Crippen MR) is 110 cm³/mol. The topological polar surface area (TPSA) is 18.5 Å². The third kappa shape index (κ3) is 4.11. The van der Waals surface area contributed by atoms with E-state index in [4.69, 9.17) is 0 Å². The van der Waals surface area contributed by atoms with Crippen LogP contribution in [-0.4, -0.2) is 42.5 Å². The average Bonchev–Trinajstić information content (AvgIpc) is 3.17. The van der Waals surface area contributed by atoms with Gasteiger partial charge in [0.05, 0.1) is 0 Å². The molecule has 26 heavy (non-hydrogen) atoms. The van der Waals surface area contributed by atoms with E-state index in [0.29, 0.717) is 0 Å². The highest BCUT2D eigenvalue weighted by Crippen LogP contribution is 2.29. The van der Waals surface area contributed by atoms with Crippen molar-refractivity contribution in [2.45, 2.75) is 39.3 Å². The van der Waals surface area contributed by atoms with Crippen LogP contribution >= 0.6 is 0 Å². The first-order chi connectivity index (χ1) is 12.8. The molecular weight excluding hydrogens is 318 g/mol. The monoisotopic (exact) mass is 349 g/mol. The molecule has 0 saturated carbocycles. The second kappa shape index (κ2) is 8.24. The number of nitrogens with zero attached hydrogens (tertiary/aromatic N) is 2. The Morgan fingerprint density at radius 1 is 0.846 bits per heavy atom. The first-order valence-corrected chi connectivity index (χ1v) is 10.2. The van der Waals surface area contributed by atoms with Crippen LogP contribution in [0.1, 0.15) is 35.6 Å². The molecule has 0 unspecified atom stereocenters. The van der Waals surface area contributed by atoms with Gasteiger partial charge < -0.3 is 10.2 Å². The summed E-state index contributed by atoms with van der Waals surface area (Å²) >= 11 is 0. The fourth-order valence-corrected chi connectivity index (χ4v) is 4.27. The summed E-state index contributed by atoms with van der Waals surface area (Å²) in [5.74, 6) is 0. The summed E-state index contributed by atoms with van der Waals surface area (Å²) in [5.41, 5.74) is 7.20. The van der Waals surface area contributed by atoms with E-state index in [-0.39, 0.29) is 0 Å². The van der Waals surface area contributed by atoms with E-state index in [1.54, 1.807) is 0 Å². The molecule has 0 bridgehead atoms. The highest BCUT2D eigenvalue weighted by molar-refractivity contribution is 5.56. The fraction of sp³-hybridized carbons (Fsp3) is 0.478. The maximum absolute atomic E-state index is 3.66. The molecule has 0 spiro atoms. The third-order valence-corrected chi connectivity index (χ3v) is 5.97. The van der Waals surface area contributed by atoms with Crippen molar-refractivity contribution in [2.75, 3.05) is 38.0 Å². The van der Waals surface area contributed by atoms with Crippen molar-refractivity contribution < 1.29 is 0 Å². The molecule has 2 aromatic rings. The molecule has 1 aliphatic carbocycles. The van der Waals surface area contributed by atoms with Crippen LogP contribution in [0, 0.1) is 0 Å². The van der Waals surface area contributed by atoms with Crippen LogP contribution in [0.3, 0.4) is 0 Å². The molecule has 1 heterocycles. The van der Waals surface area contributed by atoms with E-state index in [1.165, 1.54) is 79.9 Å². The Morgan fingerprint density at radius 2 is 1.58 bits per heavy atom. The van der Waals surface area contributed by atoms with Crippen LogP contribution in [0.15, 0.2) is 42.5 Å². The van der Waals surface area contributed by atoms with Crippen LogP contribution in [0.4, 0.5) is 5.69 Å². The van der Waals surface area contributed by atoms with Gasteiger partial charge in [0, 0.05) is 45.0 Å². The lowest BCUT2D eigenvalue weighted by Gasteiger charge is -2.34. The standard InChI is InChI=1S/C23H31N3/c1-2-25-13-15-26(16-14-25)18-20-11-9-19(10-12-20)17-24-23-8-4-6-21-5-3-7-22(21)23/h4,6,8-12,24H,2-3,5,7,13-18H2,1H3. The molecule has 1 fully saturated rings. The minimum absolute atomic E-state index is 0.909. The highest BCUT2D eigenvalue weighted by Gasteiger charge is 2.16. The Labute approximate surface area is 158 Å². The molecule has 1 saturated heterocycles. The number of likely N-dealkylation sites (N-methyl/N-ethyl adjacent to an activating group) is 1. The van der Waals surface area contributed by atoms with Crippen molar-refractivity contribution in [3.63, 3.8) is 0 Å². The van der Waals surface area contributed by atoms with Gasteiger partial charge in [-0.15, -0.1) is 0 Å². The summed E-state index contributed by atoms with van der Waals surface area (Å²) in [6.07, 6.45) is 3.77. The molecular formula is C23H31N3. The number of benzene rings is 2. The molecule has 1 aliphatic heterocycles. The van der Waals surface area contributed by atoms with Crippen LogP contribution in [-0.2, 0) is 25.9 Å². The van der Waals surface area contributed by atoms with Gasteiger partial charge in [-0.3, -0.25) is 4.90 Å². The molecule has 138 valence electrons. The first kappa shape index (κ1) is 17.6. The summed E-state index contributed by atoms with van der Waals surface area (Å²) in [6.45, 7) is 10.2. The van der Waals surface area contributed by atoms with E-state index < -0.39 is 0 Å². The van der Waals surface area contributed by atoms with Gasteiger partial charge in [0.1, 0.15) is 0 Å². The van der Waals surface area contributed by atoms with E-state index in [2.05, 4.69) is 64.5 Å². The van der Waals surface area contributed by atoms with Crippen LogP contribution in [0.25, 0.3) is 0 Å². The SMILES string of the molecule is CCN1CCN(Cc2ccc(CNc3cccc4c3CCC4)cc2)CC1. The Kier molecular flexibility index (Phi) is 5.57. The van der Waals surface area contributed by atoms with Gasteiger partial charge in [-0.25, -0.2) is 0 Å². The number of anilines is 1. The maximum atomic E-state index is 3.66. The molecule has 4 rings (SSSR count). The quantitative estimate of drug-likeness (QED) is 0.853. The number of nitrogens with one attached hydrogen (secondary N) is 1. The van der Waals surface area contributed by atoms with Gasteiger partial charge in [-0.2, -0.15) is 0 Å². The molecule has 0 aromatic heterocycles. The zero-order valence-electron chi connectivity index (χ0n) is 16.0. The van der Waals surface area contributed by atoms with Crippen molar-refractivity contribution in [1.82, 2.24) is 9.80 Å². The molecule has 0 amide bonds. The average molecular weight is 350 g/mol. The number of piperazine rings is 1. The summed E-state index contributed by atoms with van der Waals surface area (Å²) in [7, 11) is 0. The first-order valence-electron chi connectivity index (χ1n) is 10.2. The van der Waals surface area contributed by atoms with Crippen LogP contribution in [0.2, 0.25) is 0 Å². The third-order valence-electron chi connectivity index (χ3n) is 5.97. The lowest BCUT2D eigenvalue weighted by atomic mass is 10.1. The van der Waals surface area contributed by atoms with Gasteiger partial charge in [-0.1, -0.05) is 43.3 Å². The highest BCUT2D eigenvalue weighted by atomic mass is 15.3. The molecule has 3 heteroatoms. The van der Waals surface area contributed by atoms with E-state index in [0.717, 1.165) is 13.1 Å². The lowest BCUT2D eigenvalue weighted by molar-refractivity contribution is 0.132. The summed E-state index contributed by atoms with van der Waals surface area (Å²) < 4.78 is 0. The Hall–Kier alpha value is -1.84. The van der Waals surface area contributed by atoms with Gasteiger partial charge in [-0.05, 0) is 54.1 Å². The number of fused-ring (bicyclic) bond motifs is 1. The van der Waals surface area contributed by atoms with Crippen molar-refractivity contribution in [1.29, 1.82) is 0 Å². The van der Waals surface area contributed by atoms with E-state index in [1.807, 2.05) is 0 Å². The normalized spacial score (nSPS) is 18.0. The molecule has 3 nitrogen and oxygen atoms in total. The predicted octanol–water partition coefficient (Wildman–Crippen LogP) is 3.92. The minimum atomic E-state index is 0.909. The summed E-state index contributed by atoms with van der Waals surface area (Å²) in [4.78, 5) is 5.11. The second-order valence-electron chi connectivity index (χ2n) is 7.68. The maximum Gasteiger partial charge on any atom is 0.0400 e. The van der Waals surface area contributed by atoms with E-state index in [9.17, 15) is 0 Å². The zero-order chi connectivity index (χ0) is 17.8. The summed E-state index contributed by atoms with van der Waals surface area (Å²) in [6, 6.07) is 15.9. The number of aryl methyl sites for hydroxylation is 1. The molecule has 1 N–H and O–H groups in total. The van der Waals surface area contributed by atoms with Gasteiger partial charge >= 0.3 is 0 Å². The van der Waals surface area contributed by atoms with Crippen molar-refractivity contribution in [2.24, 2.45) is 0 Å². The number of rotatable bonds is 6. The van der Waals surface area contributed by atoms with Crippen LogP contribution in [0.5, 0.6) is 0 Å². The second-order valence-corrected chi connectivity index (χ2v) is 7.68. The summed E-state index contributed by atoms with van der Waals surface area (Å²) in [5, 5.41) is 3.66. The number of hydrogen-bond donors (Lipinski definition) is 1. The Morgan fingerprint density at radius 3 is 2.35 bits per heavy atom. The Bertz CT molecular complexity index is 715. The van der Waals surface area contributed by atoms with Crippen molar-refractivity contribution in [3.05, 3.63) is 64.7 Å². The van der Waals surface area contributed by atoms with Gasteiger partial charge in [0.2, 0.25) is 0 Å². The zero-order valence-corrected chi connectivity index (χ0v) is 16.0. The Balaban J connectivity index is 1.30. The van der Waals surface area contributed by atoms with E-state index >= 15 is 0 Å². The molecule has 0 atom stereocenters. The lowest BCUT2D eigenvalue weighted by Crippen LogP contribution is -2.45. The van der Waals surface area contributed by atoms with Crippen molar-refractivity contribution >= 4 is 5.69 Å². The molecule has 0 radical (unpaired) electrons. The van der Waals surface area contributed by atoms with Gasteiger partial charge in [0.25, 0.3) is 0 Å². The molecule has 2 aromatic carbocycles. The largest absolute Gasteiger partial charge is 0.381 e. The van der Waals surface area contributed by atoms with Gasteiger partial charge in [0.15, 0.2) is 0 Å².